The second-order valence-electron chi connectivity index (χ2n) is 4.62. The van der Waals surface area contributed by atoms with Crippen molar-refractivity contribution < 1.29 is 23.1 Å². The Hall–Kier alpha value is -2.38. The monoisotopic (exact) mass is 315 g/mol. The summed E-state index contributed by atoms with van der Waals surface area (Å²) < 4.78 is 29.4. The summed E-state index contributed by atoms with van der Waals surface area (Å²) in [7, 11) is 1.40. The van der Waals surface area contributed by atoms with Gasteiger partial charge in [0.05, 0.1) is 0 Å². The molecule has 8 heteroatoms. The number of imide groups is 1. The number of benzene rings is 1. The Morgan fingerprint density at radius 3 is 2.59 bits per heavy atom. The van der Waals surface area contributed by atoms with Gasteiger partial charge in [0.25, 0.3) is 6.43 Å². The molecule has 0 radical (unpaired) electrons. The fourth-order valence-corrected chi connectivity index (χ4v) is 1.60. The molecule has 0 fully saturated rings. The van der Waals surface area contributed by atoms with E-state index in [2.05, 4.69) is 16.0 Å². The first-order valence-corrected chi connectivity index (χ1v) is 6.64. The number of hydrogen-bond acceptors (Lipinski definition) is 4. The first-order valence-electron chi connectivity index (χ1n) is 6.64. The van der Waals surface area contributed by atoms with E-state index in [4.69, 9.17) is 4.74 Å². The van der Waals surface area contributed by atoms with E-state index < -0.39 is 31.0 Å². The van der Waals surface area contributed by atoms with Crippen molar-refractivity contribution in [2.45, 2.75) is 26.3 Å². The molecule has 122 valence electrons. The van der Waals surface area contributed by atoms with E-state index in [1.165, 1.54) is 13.1 Å². The van der Waals surface area contributed by atoms with Crippen molar-refractivity contribution in [2.75, 3.05) is 19.0 Å². The van der Waals surface area contributed by atoms with Crippen molar-refractivity contribution in [1.82, 2.24) is 10.6 Å². The molecular weight excluding hydrogens is 296 g/mol. The minimum absolute atomic E-state index is 0.309. The van der Waals surface area contributed by atoms with Gasteiger partial charge in [-0.1, -0.05) is 6.07 Å². The Labute approximate surface area is 127 Å². The molecule has 1 rings (SSSR count). The van der Waals surface area contributed by atoms with Gasteiger partial charge < -0.3 is 15.4 Å². The van der Waals surface area contributed by atoms with Crippen LogP contribution >= 0.6 is 0 Å². The Balaban J connectivity index is 2.70. The number of rotatable bonds is 6. The highest BCUT2D eigenvalue weighted by atomic mass is 19.3. The fourth-order valence-electron chi connectivity index (χ4n) is 1.60. The molecule has 1 aromatic rings. The van der Waals surface area contributed by atoms with Crippen LogP contribution in [0.2, 0.25) is 0 Å². The first kappa shape index (κ1) is 17.7. The van der Waals surface area contributed by atoms with Gasteiger partial charge in [-0.05, 0) is 25.5 Å². The molecule has 1 atom stereocenters. The van der Waals surface area contributed by atoms with Gasteiger partial charge in [-0.2, -0.15) is 0 Å². The van der Waals surface area contributed by atoms with E-state index >= 15 is 0 Å². The smallest absolute Gasteiger partial charge is 0.321 e. The molecule has 1 unspecified atom stereocenters. The van der Waals surface area contributed by atoms with Crippen molar-refractivity contribution in [3.63, 3.8) is 0 Å². The van der Waals surface area contributed by atoms with Crippen LogP contribution in [0.15, 0.2) is 18.2 Å². The number of hydrogen-bond donors (Lipinski definition) is 3. The second-order valence-corrected chi connectivity index (χ2v) is 4.62. The lowest BCUT2D eigenvalue weighted by Gasteiger charge is -2.16. The lowest BCUT2D eigenvalue weighted by molar-refractivity contribution is -0.120. The maximum Gasteiger partial charge on any atom is 0.321 e. The van der Waals surface area contributed by atoms with Crippen molar-refractivity contribution >= 4 is 17.6 Å². The number of carbonyl (C=O) groups excluding carboxylic acids is 2. The molecule has 0 saturated carbocycles. The predicted molar refractivity (Wildman–Crippen MR) is 78.4 cm³/mol. The Morgan fingerprint density at radius 2 is 2.00 bits per heavy atom. The van der Waals surface area contributed by atoms with E-state index in [1.807, 2.05) is 0 Å². The zero-order valence-electron chi connectivity index (χ0n) is 12.6. The van der Waals surface area contributed by atoms with E-state index in [0.717, 1.165) is 0 Å². The van der Waals surface area contributed by atoms with Gasteiger partial charge in [0.2, 0.25) is 5.91 Å². The van der Waals surface area contributed by atoms with Gasteiger partial charge in [0, 0.05) is 18.8 Å². The minimum Gasteiger partial charge on any atom is -0.487 e. The molecule has 3 N–H and O–H groups in total. The van der Waals surface area contributed by atoms with Crippen molar-refractivity contribution in [3.8, 4) is 5.75 Å². The van der Waals surface area contributed by atoms with Crippen molar-refractivity contribution in [1.29, 1.82) is 0 Å². The molecule has 0 saturated heterocycles. The van der Waals surface area contributed by atoms with Crippen LogP contribution in [0.4, 0.5) is 19.3 Å². The van der Waals surface area contributed by atoms with Gasteiger partial charge in [-0.25, -0.2) is 13.6 Å². The van der Waals surface area contributed by atoms with E-state index in [-0.39, 0.29) is 0 Å². The summed E-state index contributed by atoms with van der Waals surface area (Å²) in [6.45, 7) is 2.60. The molecule has 0 aliphatic carbocycles. The summed E-state index contributed by atoms with van der Waals surface area (Å²) in [6, 6.07) is 3.61. The topological polar surface area (TPSA) is 79.5 Å². The molecule has 0 spiro atoms. The van der Waals surface area contributed by atoms with Crippen molar-refractivity contribution in [3.05, 3.63) is 23.8 Å². The number of carbonyl (C=O) groups is 2. The van der Waals surface area contributed by atoms with Crippen molar-refractivity contribution in [2.24, 2.45) is 0 Å². The number of ether oxygens (including phenoxy) is 1. The van der Waals surface area contributed by atoms with E-state index in [1.54, 1.807) is 26.0 Å². The lowest BCUT2D eigenvalue weighted by atomic mass is 10.2. The molecular formula is C14H19F2N3O3. The molecule has 6 nitrogen and oxygen atoms in total. The quantitative estimate of drug-likeness (QED) is 0.749. The molecule has 0 aliphatic rings. The van der Waals surface area contributed by atoms with Gasteiger partial charge in [0.1, 0.15) is 18.4 Å². The highest BCUT2D eigenvalue weighted by molar-refractivity contribution is 5.97. The average molecular weight is 315 g/mol. The zero-order valence-corrected chi connectivity index (χ0v) is 12.6. The first-order chi connectivity index (χ1) is 10.3. The Kier molecular flexibility index (Phi) is 6.55. The minimum atomic E-state index is -2.56. The van der Waals surface area contributed by atoms with E-state index in [0.29, 0.717) is 17.0 Å². The lowest BCUT2D eigenvalue weighted by Crippen LogP contribution is -2.44. The van der Waals surface area contributed by atoms with Gasteiger partial charge >= 0.3 is 6.03 Å². The normalized spacial score (nSPS) is 11.7. The van der Waals surface area contributed by atoms with Crippen LogP contribution in [-0.2, 0) is 4.79 Å². The van der Waals surface area contributed by atoms with Crippen LogP contribution in [0, 0.1) is 6.92 Å². The number of amides is 3. The second kappa shape index (κ2) is 8.16. The molecule has 0 aliphatic heterocycles. The largest absolute Gasteiger partial charge is 0.487 e. The Bertz CT molecular complexity index is 538. The third kappa shape index (κ3) is 5.55. The summed E-state index contributed by atoms with van der Waals surface area (Å²) in [4.78, 5) is 22.8. The number of halogens is 2. The number of urea groups is 1. The van der Waals surface area contributed by atoms with Crippen LogP contribution in [-0.4, -0.2) is 38.1 Å². The molecule has 0 aromatic heterocycles. The summed E-state index contributed by atoms with van der Waals surface area (Å²) in [5.74, 6) is -0.209. The fraction of sp³-hybridized carbons (Fsp3) is 0.429. The standard InChI is InChI=1S/C14H19F2N3O3/c1-8-4-5-10(6-11(8)22-7-12(15)16)18-9(2)13(20)19-14(21)17-3/h4-6,9,12,18H,7H2,1-3H3,(H2,17,19,20,21). The summed E-state index contributed by atoms with van der Waals surface area (Å²) in [6.07, 6.45) is -2.56. The van der Waals surface area contributed by atoms with Gasteiger partial charge in [0.15, 0.2) is 0 Å². The summed E-state index contributed by atoms with van der Waals surface area (Å²) in [5.41, 5.74) is 1.23. The average Bonchev–Trinajstić information content (AvgIpc) is 2.47. The third-order valence-electron chi connectivity index (χ3n) is 2.79. The number of nitrogens with one attached hydrogen (secondary N) is 3. The molecule has 3 amide bonds. The number of aryl methyl sites for hydroxylation is 1. The predicted octanol–water partition coefficient (Wildman–Crippen LogP) is 1.89. The van der Waals surface area contributed by atoms with Gasteiger partial charge in [-0.15, -0.1) is 0 Å². The molecule has 1 aromatic carbocycles. The summed E-state index contributed by atoms with van der Waals surface area (Å²) >= 11 is 0. The van der Waals surface area contributed by atoms with Crippen LogP contribution in [0.1, 0.15) is 12.5 Å². The highest BCUT2D eigenvalue weighted by Crippen LogP contribution is 2.23. The van der Waals surface area contributed by atoms with E-state index in [9.17, 15) is 18.4 Å². The van der Waals surface area contributed by atoms with Crippen LogP contribution < -0.4 is 20.7 Å². The summed E-state index contributed by atoms with van der Waals surface area (Å²) in [5, 5.41) is 7.27. The maximum absolute atomic E-state index is 12.2. The SMILES string of the molecule is CNC(=O)NC(=O)C(C)Nc1ccc(C)c(OCC(F)F)c1. The Morgan fingerprint density at radius 1 is 1.32 bits per heavy atom. The van der Waals surface area contributed by atoms with Crippen LogP contribution in [0.25, 0.3) is 0 Å². The number of alkyl halides is 2. The van der Waals surface area contributed by atoms with Crippen LogP contribution in [0.5, 0.6) is 5.75 Å². The highest BCUT2D eigenvalue weighted by Gasteiger charge is 2.15. The number of anilines is 1. The molecule has 22 heavy (non-hydrogen) atoms. The molecule has 0 bridgehead atoms. The third-order valence-corrected chi connectivity index (χ3v) is 2.79. The maximum atomic E-state index is 12.2. The zero-order chi connectivity index (χ0) is 16.7. The van der Waals surface area contributed by atoms with Gasteiger partial charge in [-0.3, -0.25) is 10.1 Å². The van der Waals surface area contributed by atoms with Crippen LogP contribution in [0.3, 0.4) is 0 Å². The molecule has 0 heterocycles.